The molecular formula is C71H120O6. The highest BCUT2D eigenvalue weighted by Crippen LogP contribution is 2.17. The van der Waals surface area contributed by atoms with Crippen molar-refractivity contribution in [3.63, 3.8) is 0 Å². The molecular weight excluding hydrogens is 949 g/mol. The molecule has 6 heteroatoms. The van der Waals surface area contributed by atoms with Gasteiger partial charge in [-0.15, -0.1) is 0 Å². The van der Waals surface area contributed by atoms with Gasteiger partial charge in [-0.05, 0) is 103 Å². The first-order valence-electron chi connectivity index (χ1n) is 32.4. The summed E-state index contributed by atoms with van der Waals surface area (Å²) in [7, 11) is 0. The summed E-state index contributed by atoms with van der Waals surface area (Å²) in [4.78, 5) is 38.3. The summed E-state index contributed by atoms with van der Waals surface area (Å²) >= 11 is 0. The lowest BCUT2D eigenvalue weighted by atomic mass is 10.0. The third-order valence-electron chi connectivity index (χ3n) is 13.8. The fourth-order valence-corrected chi connectivity index (χ4v) is 8.99. The Kier molecular flexibility index (Phi) is 61.3. The number of hydrogen-bond acceptors (Lipinski definition) is 6. The molecule has 0 saturated carbocycles. The highest BCUT2D eigenvalue weighted by atomic mass is 16.6. The molecule has 0 amide bonds. The van der Waals surface area contributed by atoms with Gasteiger partial charge in [0.1, 0.15) is 13.2 Å². The van der Waals surface area contributed by atoms with Crippen molar-refractivity contribution in [1.82, 2.24) is 0 Å². The predicted octanol–water partition coefficient (Wildman–Crippen LogP) is 22.2. The second-order valence-corrected chi connectivity index (χ2v) is 21.3. The molecule has 0 aromatic carbocycles. The van der Waals surface area contributed by atoms with Gasteiger partial charge in [-0.3, -0.25) is 14.4 Å². The Balaban J connectivity index is 4.38. The fraction of sp³-hybridized carbons (Fsp3) is 0.704. The van der Waals surface area contributed by atoms with Gasteiger partial charge in [-0.25, -0.2) is 0 Å². The molecule has 6 nitrogen and oxygen atoms in total. The van der Waals surface area contributed by atoms with E-state index in [1.165, 1.54) is 141 Å². The van der Waals surface area contributed by atoms with Crippen LogP contribution in [0.1, 0.15) is 303 Å². The van der Waals surface area contributed by atoms with Crippen molar-refractivity contribution in [1.29, 1.82) is 0 Å². The van der Waals surface area contributed by atoms with Gasteiger partial charge >= 0.3 is 17.9 Å². The van der Waals surface area contributed by atoms with Crippen LogP contribution < -0.4 is 0 Å². The van der Waals surface area contributed by atoms with Crippen LogP contribution in [0.3, 0.4) is 0 Å². The molecule has 1 atom stereocenters. The third kappa shape index (κ3) is 62.8. The van der Waals surface area contributed by atoms with E-state index in [4.69, 9.17) is 14.2 Å². The average molecular weight is 1070 g/mol. The zero-order valence-corrected chi connectivity index (χ0v) is 50.4. The Labute approximate surface area is 476 Å². The molecule has 0 N–H and O–H groups in total. The molecule has 0 fully saturated rings. The highest BCUT2D eigenvalue weighted by Gasteiger charge is 2.19. The van der Waals surface area contributed by atoms with Crippen molar-refractivity contribution in [2.75, 3.05) is 13.2 Å². The standard InChI is InChI=1S/C71H120O6/c1-4-7-10-13-16-19-22-25-28-30-32-33-34-35-36-37-39-40-43-46-49-52-55-58-61-64-70(73)76-67-68(66-75-69(72)63-60-57-54-51-48-45-42-27-24-21-18-15-12-9-6-3)77-71(74)65-62-59-56-53-50-47-44-41-38-31-29-26-23-20-17-14-11-8-5-2/h7,9-10,12,16,18-19,21,25,27-28,32-33,35-36,42,48,51,68H,4-6,8,11,13-15,17,20,22-24,26,29-31,34,37-41,43-47,49-50,52-67H2,1-3H3/b10-7-,12-9-,19-16-,21-18-,28-25-,33-32-,36-35-,42-27-,51-48-. The lowest BCUT2D eigenvalue weighted by Crippen LogP contribution is -2.30. The smallest absolute Gasteiger partial charge is 0.306 e. The van der Waals surface area contributed by atoms with Gasteiger partial charge in [0.15, 0.2) is 6.10 Å². The van der Waals surface area contributed by atoms with E-state index in [1.807, 2.05) is 0 Å². The topological polar surface area (TPSA) is 78.9 Å². The van der Waals surface area contributed by atoms with E-state index in [9.17, 15) is 14.4 Å². The largest absolute Gasteiger partial charge is 0.462 e. The summed E-state index contributed by atoms with van der Waals surface area (Å²) in [5.41, 5.74) is 0. The normalized spacial score (nSPS) is 12.8. The summed E-state index contributed by atoms with van der Waals surface area (Å²) in [5, 5.41) is 0. The van der Waals surface area contributed by atoms with E-state index in [0.717, 1.165) is 122 Å². The van der Waals surface area contributed by atoms with E-state index in [1.54, 1.807) is 0 Å². The SMILES string of the molecule is CC/C=C\C/C=C\C/C=C\C/C=C\C/C=C\CCCCCCCCCCCC(=O)OCC(COC(=O)CCCC/C=C\C/C=C\C/C=C\C/C=C\CC)OC(=O)CCCCCCCCCCCCCCCCCCCCC. The van der Waals surface area contributed by atoms with Crippen molar-refractivity contribution in [2.24, 2.45) is 0 Å². The van der Waals surface area contributed by atoms with Crippen LogP contribution in [0, 0.1) is 0 Å². The Bertz CT molecular complexity index is 1560. The van der Waals surface area contributed by atoms with E-state index in [-0.39, 0.29) is 31.1 Å². The predicted molar refractivity (Wildman–Crippen MR) is 334 cm³/mol. The van der Waals surface area contributed by atoms with Crippen LogP contribution in [0.25, 0.3) is 0 Å². The third-order valence-corrected chi connectivity index (χ3v) is 13.8. The number of esters is 3. The van der Waals surface area contributed by atoms with Crippen LogP contribution >= 0.6 is 0 Å². The molecule has 0 rings (SSSR count). The second-order valence-electron chi connectivity index (χ2n) is 21.3. The Morgan fingerprint density at radius 3 is 0.818 bits per heavy atom. The maximum Gasteiger partial charge on any atom is 0.306 e. The van der Waals surface area contributed by atoms with E-state index < -0.39 is 6.10 Å². The summed E-state index contributed by atoms with van der Waals surface area (Å²) in [5.74, 6) is -0.931. The van der Waals surface area contributed by atoms with Crippen molar-refractivity contribution in [3.8, 4) is 0 Å². The van der Waals surface area contributed by atoms with E-state index in [2.05, 4.69) is 130 Å². The molecule has 77 heavy (non-hydrogen) atoms. The number of ether oxygens (including phenoxy) is 3. The molecule has 0 bridgehead atoms. The lowest BCUT2D eigenvalue weighted by Gasteiger charge is -2.18. The number of carbonyl (C=O) groups excluding carboxylic acids is 3. The molecule has 0 radical (unpaired) electrons. The molecule has 440 valence electrons. The van der Waals surface area contributed by atoms with Gasteiger partial charge < -0.3 is 14.2 Å². The van der Waals surface area contributed by atoms with Crippen LogP contribution in [-0.2, 0) is 28.6 Å². The van der Waals surface area contributed by atoms with Gasteiger partial charge in [0, 0.05) is 19.3 Å². The maximum atomic E-state index is 12.9. The minimum absolute atomic E-state index is 0.0933. The first kappa shape index (κ1) is 73.1. The second kappa shape index (κ2) is 64.6. The maximum absolute atomic E-state index is 12.9. The summed E-state index contributed by atoms with van der Waals surface area (Å²) < 4.78 is 16.9. The molecule has 1 unspecified atom stereocenters. The van der Waals surface area contributed by atoms with Gasteiger partial charge in [0.05, 0.1) is 0 Å². The van der Waals surface area contributed by atoms with E-state index >= 15 is 0 Å². The van der Waals surface area contributed by atoms with Gasteiger partial charge in [0.2, 0.25) is 0 Å². The minimum Gasteiger partial charge on any atom is -0.462 e. The molecule has 0 aliphatic heterocycles. The van der Waals surface area contributed by atoms with Gasteiger partial charge in [-0.1, -0.05) is 291 Å². The van der Waals surface area contributed by atoms with Crippen LogP contribution in [-0.4, -0.2) is 37.2 Å². The van der Waals surface area contributed by atoms with Crippen LogP contribution in [0.4, 0.5) is 0 Å². The molecule has 0 saturated heterocycles. The summed E-state index contributed by atoms with van der Waals surface area (Å²) in [6, 6.07) is 0. The molecule has 0 heterocycles. The number of hydrogen-bond donors (Lipinski definition) is 0. The number of carbonyl (C=O) groups is 3. The Hall–Kier alpha value is -3.93. The van der Waals surface area contributed by atoms with Crippen LogP contribution in [0.2, 0.25) is 0 Å². The zero-order chi connectivity index (χ0) is 55.7. The van der Waals surface area contributed by atoms with Crippen molar-refractivity contribution < 1.29 is 28.6 Å². The molecule has 0 aliphatic carbocycles. The van der Waals surface area contributed by atoms with Crippen molar-refractivity contribution in [3.05, 3.63) is 109 Å². The first-order valence-corrected chi connectivity index (χ1v) is 32.4. The van der Waals surface area contributed by atoms with Crippen LogP contribution in [0.15, 0.2) is 109 Å². The Morgan fingerprint density at radius 1 is 0.273 bits per heavy atom. The molecule has 0 aliphatic rings. The summed E-state index contributed by atoms with van der Waals surface area (Å²) in [6.45, 7) is 6.40. The van der Waals surface area contributed by atoms with E-state index in [0.29, 0.717) is 19.3 Å². The van der Waals surface area contributed by atoms with Gasteiger partial charge in [0.25, 0.3) is 0 Å². The number of unbranched alkanes of at least 4 members (excludes halogenated alkanes) is 29. The number of allylic oxidation sites excluding steroid dienone is 18. The zero-order valence-electron chi connectivity index (χ0n) is 50.4. The fourth-order valence-electron chi connectivity index (χ4n) is 8.99. The monoisotopic (exact) mass is 1070 g/mol. The molecule has 0 aromatic rings. The number of rotatable bonds is 58. The Morgan fingerprint density at radius 2 is 0.506 bits per heavy atom. The first-order chi connectivity index (χ1) is 38.0. The van der Waals surface area contributed by atoms with Crippen molar-refractivity contribution in [2.45, 2.75) is 309 Å². The van der Waals surface area contributed by atoms with Gasteiger partial charge in [-0.2, -0.15) is 0 Å². The average Bonchev–Trinajstić information content (AvgIpc) is 3.43. The van der Waals surface area contributed by atoms with Crippen molar-refractivity contribution >= 4 is 17.9 Å². The molecule has 0 spiro atoms. The summed E-state index contributed by atoms with van der Waals surface area (Å²) in [6.07, 6.45) is 88.1. The lowest BCUT2D eigenvalue weighted by molar-refractivity contribution is -0.167. The molecule has 0 aromatic heterocycles. The van der Waals surface area contributed by atoms with Crippen LogP contribution in [0.5, 0.6) is 0 Å². The highest BCUT2D eigenvalue weighted by molar-refractivity contribution is 5.71. The minimum atomic E-state index is -0.799. The quantitative estimate of drug-likeness (QED) is 0.0261.